The Morgan fingerprint density at radius 3 is 2.76 bits per heavy atom. The maximum Gasteiger partial charge on any atom is 0.185 e. The van der Waals surface area contributed by atoms with E-state index in [0.29, 0.717) is 12.0 Å². The molecule has 0 radical (unpaired) electrons. The third-order valence-corrected chi connectivity index (χ3v) is 5.34. The third kappa shape index (κ3) is 4.41. The smallest absolute Gasteiger partial charge is 0.185 e. The van der Waals surface area contributed by atoms with Crippen molar-refractivity contribution in [3.05, 3.63) is 10.6 Å². The van der Waals surface area contributed by atoms with Crippen LogP contribution in [0.4, 0.5) is 5.13 Å². The van der Waals surface area contributed by atoms with Gasteiger partial charge < -0.3 is 15.0 Å². The maximum atomic E-state index is 5.61. The molecule has 5 heteroatoms. The van der Waals surface area contributed by atoms with E-state index in [4.69, 9.17) is 9.72 Å². The number of nitrogens with one attached hydrogen (secondary N) is 1. The zero-order valence-corrected chi connectivity index (χ0v) is 15.0. The largest absolute Gasteiger partial charge is 0.379 e. The highest BCUT2D eigenvalue weighted by molar-refractivity contribution is 7.15. The zero-order chi connectivity index (χ0) is 15.6. The molecule has 0 amide bonds. The van der Waals surface area contributed by atoms with Crippen LogP contribution in [0.1, 0.15) is 44.7 Å². The van der Waals surface area contributed by atoms with Crippen LogP contribution in [0, 0.1) is 12.8 Å². The van der Waals surface area contributed by atoms with Gasteiger partial charge in [0.15, 0.2) is 5.13 Å². The molecule has 4 nitrogen and oxygen atoms in total. The first-order valence-corrected chi connectivity index (χ1v) is 8.61. The number of aromatic nitrogens is 1. The monoisotopic (exact) mass is 311 g/mol. The predicted molar refractivity (Wildman–Crippen MR) is 90.2 cm³/mol. The van der Waals surface area contributed by atoms with Crippen LogP contribution < -0.4 is 10.2 Å². The Labute approximate surface area is 132 Å². The molecule has 0 bridgehead atoms. The molecular weight excluding hydrogens is 282 g/mol. The van der Waals surface area contributed by atoms with Crippen molar-refractivity contribution in [3.63, 3.8) is 0 Å². The summed E-state index contributed by atoms with van der Waals surface area (Å²) in [6.45, 7) is 13.9. The minimum Gasteiger partial charge on any atom is -0.379 e. The molecule has 1 saturated heterocycles. The molecule has 21 heavy (non-hydrogen) atoms. The number of thiazole rings is 1. The quantitative estimate of drug-likeness (QED) is 0.926. The average molecular weight is 311 g/mol. The molecule has 2 unspecified atom stereocenters. The minimum absolute atomic E-state index is 0.137. The van der Waals surface area contributed by atoms with Gasteiger partial charge in [-0.15, -0.1) is 11.3 Å². The van der Waals surface area contributed by atoms with E-state index in [1.165, 1.54) is 11.3 Å². The van der Waals surface area contributed by atoms with E-state index in [9.17, 15) is 0 Å². The molecule has 2 rings (SSSR count). The summed E-state index contributed by atoms with van der Waals surface area (Å²) in [6.07, 6.45) is 1.49. The molecule has 1 aliphatic rings. The number of methoxy groups -OCH3 is 1. The Morgan fingerprint density at radius 2 is 2.14 bits per heavy atom. The normalized spacial score (nSPS) is 23.6. The summed E-state index contributed by atoms with van der Waals surface area (Å²) in [5.41, 5.74) is 1.29. The summed E-state index contributed by atoms with van der Waals surface area (Å²) in [4.78, 5) is 8.50. The first-order chi connectivity index (χ1) is 9.80. The second kappa shape index (κ2) is 6.63. The second-order valence-corrected chi connectivity index (χ2v) is 8.16. The first-order valence-electron chi connectivity index (χ1n) is 7.79. The van der Waals surface area contributed by atoms with E-state index in [1.807, 2.05) is 18.4 Å². The summed E-state index contributed by atoms with van der Waals surface area (Å²) in [5.74, 6) is 0.634. The Kier molecular flexibility index (Phi) is 5.28. The number of ether oxygens (including phenoxy) is 1. The van der Waals surface area contributed by atoms with Crippen molar-refractivity contribution in [2.24, 2.45) is 5.92 Å². The fourth-order valence-corrected chi connectivity index (χ4v) is 3.61. The highest BCUT2D eigenvalue weighted by Gasteiger charge is 2.28. The molecule has 2 atom stereocenters. The molecule has 0 aromatic carbocycles. The van der Waals surface area contributed by atoms with E-state index in [-0.39, 0.29) is 5.54 Å². The number of hydrogen-bond acceptors (Lipinski definition) is 5. The Bertz CT molecular complexity index is 467. The highest BCUT2D eigenvalue weighted by atomic mass is 32.1. The molecule has 1 aliphatic heterocycles. The summed E-state index contributed by atoms with van der Waals surface area (Å²) < 4.78 is 5.61. The number of aryl methyl sites for hydroxylation is 1. The lowest BCUT2D eigenvalue weighted by Gasteiger charge is -2.36. The van der Waals surface area contributed by atoms with E-state index in [0.717, 1.165) is 30.5 Å². The Hall–Kier alpha value is -0.650. The highest BCUT2D eigenvalue weighted by Crippen LogP contribution is 2.30. The van der Waals surface area contributed by atoms with Crippen molar-refractivity contribution in [1.29, 1.82) is 0 Å². The number of nitrogens with zero attached hydrogens (tertiary/aromatic N) is 2. The second-order valence-electron chi connectivity index (χ2n) is 7.09. The summed E-state index contributed by atoms with van der Waals surface area (Å²) in [5, 5.41) is 4.69. The van der Waals surface area contributed by atoms with Gasteiger partial charge in [-0.2, -0.15) is 0 Å². The standard InChI is InChI=1S/C16H29N3OS/c1-11-7-8-19(10-13(11)20-6)15-18-12(2)14(21-15)9-17-16(3,4)5/h11,13,17H,7-10H2,1-6H3. The van der Waals surface area contributed by atoms with E-state index < -0.39 is 0 Å². The molecule has 0 aliphatic carbocycles. The van der Waals surface area contributed by atoms with Crippen LogP contribution >= 0.6 is 11.3 Å². The van der Waals surface area contributed by atoms with E-state index in [1.54, 1.807) is 0 Å². The SMILES string of the molecule is COC1CN(c2nc(C)c(CNC(C)(C)C)s2)CCC1C. The average Bonchev–Trinajstić information content (AvgIpc) is 2.77. The Balaban J connectivity index is 2.04. The topological polar surface area (TPSA) is 37.4 Å². The van der Waals surface area contributed by atoms with E-state index >= 15 is 0 Å². The van der Waals surface area contributed by atoms with Gasteiger partial charge in [0.1, 0.15) is 0 Å². The molecule has 1 aromatic rings. The van der Waals surface area contributed by atoms with Gasteiger partial charge in [-0.25, -0.2) is 4.98 Å². The molecule has 0 spiro atoms. The van der Waals surface area contributed by atoms with Gasteiger partial charge in [-0.3, -0.25) is 0 Å². The molecule has 1 aromatic heterocycles. The van der Waals surface area contributed by atoms with Gasteiger partial charge in [0.05, 0.1) is 11.8 Å². The molecule has 120 valence electrons. The van der Waals surface area contributed by atoms with Crippen molar-refractivity contribution in [2.45, 2.75) is 59.2 Å². The van der Waals surface area contributed by atoms with Crippen LogP contribution in [0.5, 0.6) is 0 Å². The van der Waals surface area contributed by atoms with Crippen LogP contribution in [-0.4, -0.2) is 36.8 Å². The van der Waals surface area contributed by atoms with Crippen molar-refractivity contribution in [3.8, 4) is 0 Å². The van der Waals surface area contributed by atoms with Crippen LogP contribution in [0.2, 0.25) is 0 Å². The van der Waals surface area contributed by atoms with Crippen LogP contribution in [0.25, 0.3) is 0 Å². The summed E-state index contributed by atoms with van der Waals surface area (Å²) >= 11 is 1.82. The van der Waals surface area contributed by atoms with Crippen molar-refractivity contribution in [1.82, 2.24) is 10.3 Å². The first kappa shape index (κ1) is 16.7. The minimum atomic E-state index is 0.137. The number of hydrogen-bond donors (Lipinski definition) is 1. The molecule has 1 N–H and O–H groups in total. The lowest BCUT2D eigenvalue weighted by atomic mass is 9.96. The van der Waals surface area contributed by atoms with Gasteiger partial charge in [-0.05, 0) is 40.0 Å². The fraction of sp³-hybridized carbons (Fsp3) is 0.812. The van der Waals surface area contributed by atoms with Gasteiger partial charge in [0, 0.05) is 37.2 Å². The van der Waals surface area contributed by atoms with Crippen LogP contribution in [-0.2, 0) is 11.3 Å². The Morgan fingerprint density at radius 1 is 1.43 bits per heavy atom. The summed E-state index contributed by atoms with van der Waals surface area (Å²) in [7, 11) is 1.82. The van der Waals surface area contributed by atoms with Crippen molar-refractivity contribution >= 4 is 16.5 Å². The predicted octanol–water partition coefficient (Wildman–Crippen LogP) is 3.20. The molecule has 2 heterocycles. The van der Waals surface area contributed by atoms with Crippen molar-refractivity contribution in [2.75, 3.05) is 25.1 Å². The lowest BCUT2D eigenvalue weighted by molar-refractivity contribution is 0.0498. The van der Waals surface area contributed by atoms with Gasteiger partial charge in [-0.1, -0.05) is 6.92 Å². The number of piperidine rings is 1. The third-order valence-electron chi connectivity index (χ3n) is 4.12. The maximum absolute atomic E-state index is 5.61. The number of rotatable bonds is 4. The van der Waals surface area contributed by atoms with Gasteiger partial charge in [0.2, 0.25) is 0 Å². The fourth-order valence-electron chi connectivity index (χ4n) is 2.57. The molecule has 0 saturated carbocycles. The molecular formula is C16H29N3OS. The van der Waals surface area contributed by atoms with Crippen LogP contribution in [0.3, 0.4) is 0 Å². The van der Waals surface area contributed by atoms with E-state index in [2.05, 4.69) is 44.8 Å². The number of anilines is 1. The summed E-state index contributed by atoms with van der Waals surface area (Å²) in [6, 6.07) is 0. The van der Waals surface area contributed by atoms with Gasteiger partial charge >= 0.3 is 0 Å². The van der Waals surface area contributed by atoms with Crippen molar-refractivity contribution < 1.29 is 4.74 Å². The van der Waals surface area contributed by atoms with Crippen LogP contribution in [0.15, 0.2) is 0 Å². The molecule has 1 fully saturated rings. The zero-order valence-electron chi connectivity index (χ0n) is 14.2. The lowest BCUT2D eigenvalue weighted by Crippen LogP contribution is -2.43. The van der Waals surface area contributed by atoms with Gasteiger partial charge in [0.25, 0.3) is 0 Å².